The van der Waals surface area contributed by atoms with Gasteiger partial charge in [-0.25, -0.2) is 9.97 Å². The summed E-state index contributed by atoms with van der Waals surface area (Å²) < 4.78 is 5.40. The smallest absolute Gasteiger partial charge is 0.158 e. The number of likely N-dealkylation sites (N-methyl/N-ethyl adjacent to an activating group) is 1. The highest BCUT2D eigenvalue weighted by molar-refractivity contribution is 5.47. The summed E-state index contributed by atoms with van der Waals surface area (Å²) in [5.74, 6) is 2.39. The number of piperidine rings is 1. The molecule has 0 aliphatic carbocycles. The Labute approximate surface area is 127 Å². The van der Waals surface area contributed by atoms with E-state index in [1.807, 2.05) is 20.0 Å². The van der Waals surface area contributed by atoms with E-state index in [-0.39, 0.29) is 0 Å². The Balaban J connectivity index is 1.97. The van der Waals surface area contributed by atoms with Crippen LogP contribution in [0.25, 0.3) is 0 Å². The van der Waals surface area contributed by atoms with Crippen molar-refractivity contribution >= 4 is 11.6 Å². The highest BCUT2D eigenvalue weighted by Gasteiger charge is 2.18. The van der Waals surface area contributed by atoms with Crippen LogP contribution in [0, 0.1) is 0 Å². The van der Waals surface area contributed by atoms with Crippen molar-refractivity contribution in [3.8, 4) is 0 Å². The summed E-state index contributed by atoms with van der Waals surface area (Å²) in [7, 11) is 4.07. The minimum atomic E-state index is 0.448. The van der Waals surface area contributed by atoms with Gasteiger partial charge in [-0.2, -0.15) is 0 Å². The van der Waals surface area contributed by atoms with Crippen molar-refractivity contribution in [3.63, 3.8) is 0 Å². The summed E-state index contributed by atoms with van der Waals surface area (Å²) in [6, 6.07) is 2.53. The standard InChI is InChI=1S/C15H27N5O/c1-4-21-11-15-18-13(16-2)9-14(19-15)17-10-12-7-5-6-8-20(12)3/h9,12H,4-8,10-11H2,1-3H3,(H2,16,17,18,19). The number of likely N-dealkylation sites (tertiary alicyclic amines) is 1. The van der Waals surface area contributed by atoms with Gasteiger partial charge in [0.25, 0.3) is 0 Å². The number of nitrogens with zero attached hydrogens (tertiary/aromatic N) is 3. The number of anilines is 2. The molecule has 1 aromatic rings. The van der Waals surface area contributed by atoms with Crippen LogP contribution in [0.15, 0.2) is 6.07 Å². The molecule has 1 fully saturated rings. The number of hydrogen-bond donors (Lipinski definition) is 2. The fraction of sp³-hybridized carbons (Fsp3) is 0.733. The molecule has 0 amide bonds. The van der Waals surface area contributed by atoms with Crippen LogP contribution in [-0.2, 0) is 11.3 Å². The van der Waals surface area contributed by atoms with Crippen LogP contribution >= 0.6 is 0 Å². The summed E-state index contributed by atoms with van der Waals surface area (Å²) in [6.07, 6.45) is 3.88. The average molecular weight is 293 g/mol. The lowest BCUT2D eigenvalue weighted by Gasteiger charge is -2.32. The van der Waals surface area contributed by atoms with Crippen molar-refractivity contribution in [1.82, 2.24) is 14.9 Å². The van der Waals surface area contributed by atoms with Gasteiger partial charge in [0.2, 0.25) is 0 Å². The molecule has 118 valence electrons. The molecule has 1 atom stereocenters. The molecule has 1 aliphatic heterocycles. The topological polar surface area (TPSA) is 62.3 Å². The van der Waals surface area contributed by atoms with Crippen LogP contribution in [0.3, 0.4) is 0 Å². The van der Waals surface area contributed by atoms with Crippen molar-refractivity contribution in [3.05, 3.63) is 11.9 Å². The number of rotatable bonds is 7. The van der Waals surface area contributed by atoms with E-state index in [2.05, 4.69) is 32.5 Å². The summed E-state index contributed by atoms with van der Waals surface area (Å²) in [5, 5.41) is 6.52. The molecule has 1 aliphatic rings. The number of nitrogens with one attached hydrogen (secondary N) is 2. The molecule has 0 radical (unpaired) electrons. The minimum Gasteiger partial charge on any atom is -0.374 e. The molecule has 0 bridgehead atoms. The average Bonchev–Trinajstić information content (AvgIpc) is 2.52. The van der Waals surface area contributed by atoms with E-state index in [0.29, 0.717) is 25.1 Å². The Morgan fingerprint density at radius 3 is 2.86 bits per heavy atom. The number of ether oxygens (including phenoxy) is 1. The van der Waals surface area contributed by atoms with Gasteiger partial charge in [-0.15, -0.1) is 0 Å². The van der Waals surface area contributed by atoms with E-state index in [1.165, 1.54) is 25.8 Å². The predicted octanol–water partition coefficient (Wildman–Crippen LogP) is 1.95. The van der Waals surface area contributed by atoms with Crippen LogP contribution < -0.4 is 10.6 Å². The number of aromatic nitrogens is 2. The van der Waals surface area contributed by atoms with E-state index in [0.717, 1.165) is 18.2 Å². The Bertz CT molecular complexity index is 440. The van der Waals surface area contributed by atoms with Crippen molar-refractivity contribution in [2.75, 3.05) is 44.4 Å². The summed E-state index contributed by atoms with van der Waals surface area (Å²) in [6.45, 7) is 5.20. The summed E-state index contributed by atoms with van der Waals surface area (Å²) in [5.41, 5.74) is 0. The maximum atomic E-state index is 5.40. The molecule has 0 spiro atoms. The Hall–Kier alpha value is -1.40. The predicted molar refractivity (Wildman–Crippen MR) is 85.7 cm³/mol. The first kappa shape index (κ1) is 16.0. The van der Waals surface area contributed by atoms with Crippen molar-refractivity contribution in [2.45, 2.75) is 38.8 Å². The van der Waals surface area contributed by atoms with Gasteiger partial charge in [0.15, 0.2) is 5.82 Å². The normalized spacial score (nSPS) is 19.5. The maximum Gasteiger partial charge on any atom is 0.158 e. The second-order valence-corrected chi connectivity index (χ2v) is 5.45. The number of hydrogen-bond acceptors (Lipinski definition) is 6. The van der Waals surface area contributed by atoms with Gasteiger partial charge in [0, 0.05) is 32.3 Å². The third-order valence-corrected chi connectivity index (χ3v) is 3.90. The molecule has 0 aromatic carbocycles. The van der Waals surface area contributed by atoms with Crippen molar-refractivity contribution in [1.29, 1.82) is 0 Å². The van der Waals surface area contributed by atoms with Crippen LogP contribution in [0.1, 0.15) is 32.0 Å². The Kier molecular flexibility index (Phi) is 6.20. The van der Waals surface area contributed by atoms with Crippen molar-refractivity contribution < 1.29 is 4.74 Å². The van der Waals surface area contributed by atoms with Crippen LogP contribution in [0.5, 0.6) is 0 Å². The zero-order valence-corrected chi connectivity index (χ0v) is 13.4. The maximum absolute atomic E-state index is 5.40. The molecule has 2 rings (SSSR count). The molecule has 6 heteroatoms. The first-order valence-electron chi connectivity index (χ1n) is 7.80. The lowest BCUT2D eigenvalue weighted by atomic mass is 10.0. The van der Waals surface area contributed by atoms with Crippen LogP contribution in [-0.4, -0.2) is 54.7 Å². The van der Waals surface area contributed by atoms with E-state index < -0.39 is 0 Å². The van der Waals surface area contributed by atoms with Crippen LogP contribution in [0.2, 0.25) is 0 Å². The quantitative estimate of drug-likeness (QED) is 0.801. The van der Waals surface area contributed by atoms with Gasteiger partial charge in [-0.3, -0.25) is 0 Å². The molecule has 1 aromatic heterocycles. The van der Waals surface area contributed by atoms with E-state index >= 15 is 0 Å². The lowest BCUT2D eigenvalue weighted by molar-refractivity contribution is 0.128. The Morgan fingerprint density at radius 2 is 2.14 bits per heavy atom. The highest BCUT2D eigenvalue weighted by Crippen LogP contribution is 2.17. The van der Waals surface area contributed by atoms with Gasteiger partial charge < -0.3 is 20.3 Å². The molecular weight excluding hydrogens is 266 g/mol. The third kappa shape index (κ3) is 4.82. The van der Waals surface area contributed by atoms with E-state index in [9.17, 15) is 0 Å². The SMILES string of the molecule is CCOCc1nc(NC)cc(NCC2CCCCN2C)n1. The third-order valence-electron chi connectivity index (χ3n) is 3.90. The fourth-order valence-corrected chi connectivity index (χ4v) is 2.60. The van der Waals surface area contributed by atoms with Crippen molar-refractivity contribution in [2.24, 2.45) is 0 Å². The second kappa shape index (κ2) is 8.14. The molecule has 1 saturated heterocycles. The summed E-state index contributed by atoms with van der Waals surface area (Å²) in [4.78, 5) is 11.4. The van der Waals surface area contributed by atoms with Gasteiger partial charge in [-0.05, 0) is 33.4 Å². The summed E-state index contributed by atoms with van der Waals surface area (Å²) >= 11 is 0. The zero-order chi connectivity index (χ0) is 15.1. The van der Waals surface area contributed by atoms with E-state index in [4.69, 9.17) is 4.74 Å². The first-order valence-corrected chi connectivity index (χ1v) is 7.80. The first-order chi connectivity index (χ1) is 10.2. The van der Waals surface area contributed by atoms with Gasteiger partial charge >= 0.3 is 0 Å². The highest BCUT2D eigenvalue weighted by atomic mass is 16.5. The fourth-order valence-electron chi connectivity index (χ4n) is 2.60. The van der Waals surface area contributed by atoms with E-state index in [1.54, 1.807) is 0 Å². The Morgan fingerprint density at radius 1 is 1.33 bits per heavy atom. The lowest BCUT2D eigenvalue weighted by Crippen LogP contribution is -2.40. The largest absolute Gasteiger partial charge is 0.374 e. The molecule has 2 N–H and O–H groups in total. The van der Waals surface area contributed by atoms with Crippen LogP contribution in [0.4, 0.5) is 11.6 Å². The van der Waals surface area contributed by atoms with Gasteiger partial charge in [0.1, 0.15) is 18.2 Å². The molecule has 1 unspecified atom stereocenters. The zero-order valence-electron chi connectivity index (χ0n) is 13.4. The minimum absolute atomic E-state index is 0.448. The van der Waals surface area contributed by atoms with Gasteiger partial charge in [0.05, 0.1) is 0 Å². The molecule has 21 heavy (non-hydrogen) atoms. The van der Waals surface area contributed by atoms with Gasteiger partial charge in [-0.1, -0.05) is 6.42 Å². The monoisotopic (exact) mass is 293 g/mol. The molecular formula is C15H27N5O. The molecule has 6 nitrogen and oxygen atoms in total. The molecule has 0 saturated carbocycles. The molecule has 2 heterocycles. The second-order valence-electron chi connectivity index (χ2n) is 5.45.